The van der Waals surface area contributed by atoms with Gasteiger partial charge in [-0.1, -0.05) is 0 Å². The Hall–Kier alpha value is -2.99. The molecule has 0 saturated heterocycles. The smallest absolute Gasteiger partial charge is 0.254 e. The van der Waals surface area contributed by atoms with Gasteiger partial charge in [-0.15, -0.1) is 0 Å². The first-order valence-electron chi connectivity index (χ1n) is 9.75. The van der Waals surface area contributed by atoms with Gasteiger partial charge in [-0.2, -0.15) is 0 Å². The first-order valence-corrected chi connectivity index (χ1v) is 9.75. The van der Waals surface area contributed by atoms with Crippen LogP contribution in [0.3, 0.4) is 0 Å². The van der Waals surface area contributed by atoms with E-state index in [1.54, 1.807) is 21.3 Å². The number of rotatable bonds is 6. The molecule has 0 unspecified atom stereocenters. The van der Waals surface area contributed by atoms with Crippen molar-refractivity contribution in [3.63, 3.8) is 0 Å². The molecule has 1 aliphatic rings. The van der Waals surface area contributed by atoms with Gasteiger partial charge in [-0.05, 0) is 53.9 Å². The van der Waals surface area contributed by atoms with Gasteiger partial charge in [0, 0.05) is 49.4 Å². The largest absolute Gasteiger partial charge is 0.493 e. The Balaban J connectivity index is 1.56. The lowest BCUT2D eigenvalue weighted by atomic mass is 9.98. The number of nitrogens with zero attached hydrogens (tertiary/aromatic N) is 2. The molecule has 0 N–H and O–H groups in total. The van der Waals surface area contributed by atoms with E-state index in [1.807, 2.05) is 47.5 Å². The fraction of sp³-hybridized carbons (Fsp3) is 0.348. The fourth-order valence-corrected chi connectivity index (χ4v) is 3.96. The van der Waals surface area contributed by atoms with Crippen molar-refractivity contribution >= 4 is 16.8 Å². The third-order valence-electron chi connectivity index (χ3n) is 5.56. The van der Waals surface area contributed by atoms with Gasteiger partial charge >= 0.3 is 0 Å². The van der Waals surface area contributed by atoms with E-state index in [0.29, 0.717) is 31.0 Å². The molecule has 3 aromatic rings. The average Bonchev–Trinajstić information content (AvgIpc) is 3.17. The molecule has 6 nitrogen and oxygen atoms in total. The number of hydrogen-bond donors (Lipinski definition) is 0. The quantitative estimate of drug-likeness (QED) is 0.642. The maximum absolute atomic E-state index is 13.2. The highest BCUT2D eigenvalue weighted by Gasteiger charge is 2.24. The summed E-state index contributed by atoms with van der Waals surface area (Å²) in [5.41, 5.74) is 4.14. The molecule has 29 heavy (non-hydrogen) atoms. The van der Waals surface area contributed by atoms with Crippen LogP contribution in [-0.2, 0) is 24.2 Å². The van der Waals surface area contributed by atoms with Crippen LogP contribution >= 0.6 is 0 Å². The van der Waals surface area contributed by atoms with Crippen LogP contribution in [0.1, 0.15) is 21.5 Å². The molecule has 6 heteroatoms. The average molecular weight is 394 g/mol. The first-order chi connectivity index (χ1) is 14.1. The molecule has 4 rings (SSSR count). The first kappa shape index (κ1) is 19.3. The summed E-state index contributed by atoms with van der Waals surface area (Å²) in [6.45, 7) is 2.71. The van der Waals surface area contributed by atoms with Crippen molar-refractivity contribution in [1.82, 2.24) is 9.47 Å². The van der Waals surface area contributed by atoms with E-state index in [1.165, 1.54) is 5.56 Å². The number of carbonyl (C=O) groups is 1. The van der Waals surface area contributed by atoms with Gasteiger partial charge in [0.1, 0.15) is 0 Å². The molecule has 2 aromatic carbocycles. The summed E-state index contributed by atoms with van der Waals surface area (Å²) >= 11 is 0. The summed E-state index contributed by atoms with van der Waals surface area (Å²) in [4.78, 5) is 15.1. The second kappa shape index (κ2) is 8.17. The molecule has 0 aliphatic carbocycles. The number of methoxy groups -OCH3 is 3. The highest BCUT2D eigenvalue weighted by Crippen LogP contribution is 2.33. The van der Waals surface area contributed by atoms with Crippen molar-refractivity contribution in [1.29, 1.82) is 0 Å². The lowest BCUT2D eigenvalue weighted by Gasteiger charge is -2.29. The van der Waals surface area contributed by atoms with Crippen LogP contribution in [0.15, 0.2) is 42.6 Å². The van der Waals surface area contributed by atoms with Crippen LogP contribution in [0.25, 0.3) is 10.9 Å². The van der Waals surface area contributed by atoms with Gasteiger partial charge in [-0.25, -0.2) is 0 Å². The van der Waals surface area contributed by atoms with Gasteiger partial charge in [0.25, 0.3) is 5.91 Å². The lowest BCUT2D eigenvalue weighted by molar-refractivity contribution is 0.0734. The summed E-state index contributed by atoms with van der Waals surface area (Å²) in [5, 5.41) is 1.07. The summed E-state index contributed by atoms with van der Waals surface area (Å²) in [7, 11) is 4.97. The Morgan fingerprint density at radius 2 is 1.76 bits per heavy atom. The van der Waals surface area contributed by atoms with Crippen molar-refractivity contribution in [3.05, 3.63) is 59.3 Å². The van der Waals surface area contributed by atoms with Crippen molar-refractivity contribution < 1.29 is 19.0 Å². The maximum atomic E-state index is 13.2. The van der Waals surface area contributed by atoms with Crippen LogP contribution in [0.2, 0.25) is 0 Å². The zero-order valence-electron chi connectivity index (χ0n) is 17.1. The zero-order valence-corrected chi connectivity index (χ0v) is 17.1. The number of carbonyl (C=O) groups excluding carboxylic acids is 1. The predicted octanol–water partition coefficient (Wildman–Crippen LogP) is 3.50. The van der Waals surface area contributed by atoms with Crippen LogP contribution in [-0.4, -0.2) is 49.9 Å². The van der Waals surface area contributed by atoms with E-state index < -0.39 is 0 Å². The van der Waals surface area contributed by atoms with Gasteiger partial charge < -0.3 is 23.7 Å². The van der Waals surface area contributed by atoms with Gasteiger partial charge in [0.2, 0.25) is 0 Å². The predicted molar refractivity (Wildman–Crippen MR) is 112 cm³/mol. The molecule has 0 saturated carbocycles. The topological polar surface area (TPSA) is 52.9 Å². The molecule has 1 aliphatic heterocycles. The Morgan fingerprint density at radius 3 is 2.48 bits per heavy atom. The minimum Gasteiger partial charge on any atom is -0.493 e. The summed E-state index contributed by atoms with van der Waals surface area (Å²) < 4.78 is 18.1. The molecule has 152 valence electrons. The number of benzene rings is 2. The van der Waals surface area contributed by atoms with Gasteiger partial charge in [-0.3, -0.25) is 4.79 Å². The van der Waals surface area contributed by atoms with Crippen molar-refractivity contribution in [2.24, 2.45) is 0 Å². The summed E-state index contributed by atoms with van der Waals surface area (Å²) in [5.74, 6) is 1.48. The van der Waals surface area contributed by atoms with Crippen LogP contribution < -0.4 is 9.47 Å². The number of hydrogen-bond acceptors (Lipinski definition) is 4. The van der Waals surface area contributed by atoms with E-state index >= 15 is 0 Å². The van der Waals surface area contributed by atoms with Gasteiger partial charge in [0.15, 0.2) is 11.5 Å². The van der Waals surface area contributed by atoms with Crippen molar-refractivity contribution in [2.45, 2.75) is 19.5 Å². The number of fused-ring (bicyclic) bond motifs is 2. The lowest BCUT2D eigenvalue weighted by Crippen LogP contribution is -2.36. The number of ether oxygens (including phenoxy) is 3. The van der Waals surface area contributed by atoms with E-state index in [0.717, 1.165) is 35.2 Å². The Labute approximate surface area is 170 Å². The molecule has 0 fully saturated rings. The van der Waals surface area contributed by atoms with E-state index in [2.05, 4.69) is 4.57 Å². The molecule has 1 amide bonds. The van der Waals surface area contributed by atoms with Crippen LogP contribution in [0.4, 0.5) is 0 Å². The molecule has 2 heterocycles. The Bertz CT molecular complexity index is 1040. The molecular weight excluding hydrogens is 368 g/mol. The minimum absolute atomic E-state index is 0.0528. The molecular formula is C23H26N2O4. The third-order valence-corrected chi connectivity index (χ3v) is 5.56. The molecule has 0 atom stereocenters. The van der Waals surface area contributed by atoms with E-state index in [-0.39, 0.29) is 5.91 Å². The standard InChI is InChI=1S/C23H26N2O4/c1-27-11-10-24-8-7-17-12-18(4-5-20(17)24)23(26)25-9-6-16-13-21(28-2)22(29-3)14-19(16)15-25/h4-5,7-8,12-14H,6,9-11,15H2,1-3H3. The summed E-state index contributed by atoms with van der Waals surface area (Å²) in [6.07, 6.45) is 2.84. The highest BCUT2D eigenvalue weighted by molar-refractivity contribution is 5.98. The molecule has 0 radical (unpaired) electrons. The SMILES string of the molecule is COCCn1ccc2cc(C(=O)N3CCc4cc(OC)c(OC)cc4C3)ccc21. The van der Waals surface area contributed by atoms with Crippen molar-refractivity contribution in [2.75, 3.05) is 34.5 Å². The number of aromatic nitrogens is 1. The highest BCUT2D eigenvalue weighted by atomic mass is 16.5. The van der Waals surface area contributed by atoms with Gasteiger partial charge in [0.05, 0.1) is 20.8 Å². The van der Waals surface area contributed by atoms with Crippen LogP contribution in [0.5, 0.6) is 11.5 Å². The number of amides is 1. The summed E-state index contributed by atoms with van der Waals surface area (Å²) in [6, 6.07) is 12.0. The monoisotopic (exact) mass is 394 g/mol. The zero-order chi connectivity index (χ0) is 20.4. The molecule has 0 spiro atoms. The minimum atomic E-state index is 0.0528. The normalized spacial score (nSPS) is 13.4. The second-order valence-corrected chi connectivity index (χ2v) is 7.23. The van der Waals surface area contributed by atoms with Crippen LogP contribution in [0, 0.1) is 0 Å². The van der Waals surface area contributed by atoms with E-state index in [9.17, 15) is 4.79 Å². The Kier molecular flexibility index (Phi) is 5.45. The molecule has 0 bridgehead atoms. The molecule has 1 aromatic heterocycles. The Morgan fingerprint density at radius 1 is 1.00 bits per heavy atom. The van der Waals surface area contributed by atoms with Crippen molar-refractivity contribution in [3.8, 4) is 11.5 Å². The fourth-order valence-electron chi connectivity index (χ4n) is 3.96. The second-order valence-electron chi connectivity index (χ2n) is 7.23. The maximum Gasteiger partial charge on any atom is 0.254 e. The third kappa shape index (κ3) is 3.68. The van der Waals surface area contributed by atoms with E-state index in [4.69, 9.17) is 14.2 Å².